The molecular weight excluding hydrogens is 439 g/mol. The quantitative estimate of drug-likeness (QED) is 0.578. The van der Waals surface area contributed by atoms with Crippen LogP contribution in [-0.2, 0) is 4.79 Å². The summed E-state index contributed by atoms with van der Waals surface area (Å²) in [5.41, 5.74) is 2.30. The number of carbonyl (C=O) groups excluding carboxylic acids is 1. The van der Waals surface area contributed by atoms with Gasteiger partial charge in [-0.25, -0.2) is 0 Å². The van der Waals surface area contributed by atoms with Gasteiger partial charge in [0.15, 0.2) is 0 Å². The van der Waals surface area contributed by atoms with Crippen molar-refractivity contribution >= 4 is 56.7 Å². The fourth-order valence-corrected chi connectivity index (χ4v) is 3.69. The molecule has 1 aliphatic carbocycles. The number of carbonyl (C=O) groups is 1. The first kappa shape index (κ1) is 15.8. The van der Waals surface area contributed by atoms with Crippen LogP contribution >= 0.6 is 34.2 Å². The van der Waals surface area contributed by atoms with Crippen molar-refractivity contribution in [2.24, 2.45) is 5.92 Å². The van der Waals surface area contributed by atoms with Crippen LogP contribution in [0.5, 0.6) is 0 Å². The molecule has 1 saturated carbocycles. The molecule has 1 aliphatic rings. The van der Waals surface area contributed by atoms with Crippen LogP contribution in [0.2, 0.25) is 5.02 Å². The molecule has 122 valence electrons. The summed E-state index contributed by atoms with van der Waals surface area (Å²) < 4.78 is 0.949. The summed E-state index contributed by atoms with van der Waals surface area (Å²) in [5.74, 6) is -0.0519. The second-order valence-corrected chi connectivity index (χ2v) is 7.43. The summed E-state index contributed by atoms with van der Waals surface area (Å²) in [6, 6.07) is 9.25. The number of anilines is 1. The van der Waals surface area contributed by atoms with E-state index in [1.54, 1.807) is 18.3 Å². The number of halogens is 2. The van der Waals surface area contributed by atoms with Gasteiger partial charge in [-0.15, -0.1) is 0 Å². The Hall–Kier alpha value is -1.67. The molecule has 24 heavy (non-hydrogen) atoms. The summed E-state index contributed by atoms with van der Waals surface area (Å²) in [6.45, 7) is 0. The molecule has 7 heteroatoms. The molecule has 0 radical (unpaired) electrons. The number of aromatic nitrogens is 3. The van der Waals surface area contributed by atoms with Gasteiger partial charge in [0, 0.05) is 17.3 Å². The molecule has 5 nitrogen and oxygen atoms in total. The lowest BCUT2D eigenvalue weighted by Crippen LogP contribution is -2.23. The van der Waals surface area contributed by atoms with Crippen molar-refractivity contribution in [3.63, 3.8) is 0 Å². The number of benzene rings is 1. The van der Waals surface area contributed by atoms with Crippen LogP contribution in [0.15, 0.2) is 36.5 Å². The maximum atomic E-state index is 12.9. The highest BCUT2D eigenvalue weighted by Crippen LogP contribution is 2.44. The Morgan fingerprint density at radius 1 is 1.38 bits per heavy atom. The van der Waals surface area contributed by atoms with E-state index in [0.29, 0.717) is 16.6 Å². The molecule has 0 spiro atoms. The zero-order chi connectivity index (χ0) is 16.7. The van der Waals surface area contributed by atoms with E-state index in [1.165, 1.54) is 0 Å². The van der Waals surface area contributed by atoms with Gasteiger partial charge < -0.3 is 5.32 Å². The molecule has 1 atom stereocenters. The average molecular weight is 453 g/mol. The molecule has 2 heterocycles. The van der Waals surface area contributed by atoms with E-state index in [-0.39, 0.29) is 11.8 Å². The van der Waals surface area contributed by atoms with Gasteiger partial charge in [-0.05, 0) is 71.7 Å². The number of fused-ring (bicyclic) bond motifs is 1. The second kappa shape index (κ2) is 6.33. The van der Waals surface area contributed by atoms with Gasteiger partial charge in [0.25, 0.3) is 0 Å². The largest absolute Gasteiger partial charge is 0.325 e. The SMILES string of the molecule is O=C(Nc1ccc2n[nH]c(I)c2c1)[C@H](c1ncccc1Cl)C1CC1. The van der Waals surface area contributed by atoms with E-state index >= 15 is 0 Å². The minimum Gasteiger partial charge on any atom is -0.325 e. The number of pyridine rings is 1. The highest BCUT2D eigenvalue weighted by Gasteiger charge is 2.39. The molecule has 0 aliphatic heterocycles. The summed E-state index contributed by atoms with van der Waals surface area (Å²) in [7, 11) is 0. The first-order chi connectivity index (χ1) is 11.6. The number of nitrogens with zero attached hydrogens (tertiary/aromatic N) is 2. The molecule has 3 aromatic rings. The number of nitrogens with one attached hydrogen (secondary N) is 2. The third-order valence-corrected chi connectivity index (χ3v) is 5.37. The Balaban J connectivity index is 1.63. The summed E-state index contributed by atoms with van der Waals surface area (Å²) in [4.78, 5) is 17.2. The number of amides is 1. The lowest BCUT2D eigenvalue weighted by atomic mass is 9.97. The van der Waals surface area contributed by atoms with Crippen molar-refractivity contribution in [1.82, 2.24) is 15.2 Å². The maximum absolute atomic E-state index is 12.9. The number of rotatable bonds is 4. The first-order valence-electron chi connectivity index (χ1n) is 7.68. The van der Waals surface area contributed by atoms with E-state index < -0.39 is 0 Å². The van der Waals surface area contributed by atoms with Gasteiger partial charge in [0.2, 0.25) is 5.91 Å². The predicted molar refractivity (Wildman–Crippen MR) is 102 cm³/mol. The molecule has 1 fully saturated rings. The number of hydrogen-bond donors (Lipinski definition) is 2. The van der Waals surface area contributed by atoms with E-state index in [9.17, 15) is 4.79 Å². The highest BCUT2D eigenvalue weighted by atomic mass is 127. The van der Waals surface area contributed by atoms with Crippen molar-refractivity contribution in [3.8, 4) is 0 Å². The van der Waals surface area contributed by atoms with Crippen LogP contribution < -0.4 is 5.32 Å². The van der Waals surface area contributed by atoms with Crippen molar-refractivity contribution in [2.45, 2.75) is 18.8 Å². The number of hydrogen-bond acceptors (Lipinski definition) is 3. The van der Waals surface area contributed by atoms with Gasteiger partial charge in [-0.2, -0.15) is 5.10 Å². The lowest BCUT2D eigenvalue weighted by Gasteiger charge is -2.17. The van der Waals surface area contributed by atoms with E-state index in [4.69, 9.17) is 11.6 Å². The van der Waals surface area contributed by atoms with Crippen LogP contribution in [0.1, 0.15) is 24.5 Å². The smallest absolute Gasteiger partial charge is 0.233 e. The van der Waals surface area contributed by atoms with Crippen LogP contribution in [0.4, 0.5) is 5.69 Å². The Morgan fingerprint density at radius 2 is 2.21 bits per heavy atom. The standard InChI is InChI=1S/C17H14ClIN4O/c18-12-2-1-7-20-15(12)14(9-3-4-9)17(24)21-10-5-6-13-11(8-10)16(19)23-22-13/h1-2,5-9,14H,3-4H2,(H,21,24)(H,22,23)/t14-/m0/s1. The molecule has 2 N–H and O–H groups in total. The number of aromatic amines is 1. The Kier molecular flexibility index (Phi) is 4.17. The Morgan fingerprint density at radius 3 is 2.96 bits per heavy atom. The van der Waals surface area contributed by atoms with E-state index in [1.807, 2.05) is 18.2 Å². The van der Waals surface area contributed by atoms with Crippen LogP contribution in [0.25, 0.3) is 10.9 Å². The molecule has 0 bridgehead atoms. The molecule has 1 amide bonds. The van der Waals surface area contributed by atoms with Crippen molar-refractivity contribution in [2.75, 3.05) is 5.32 Å². The zero-order valence-corrected chi connectivity index (χ0v) is 15.5. The van der Waals surface area contributed by atoms with Crippen LogP contribution in [-0.4, -0.2) is 21.1 Å². The topological polar surface area (TPSA) is 70.7 Å². The average Bonchev–Trinajstić information content (AvgIpc) is 3.34. The van der Waals surface area contributed by atoms with Gasteiger partial charge >= 0.3 is 0 Å². The fraction of sp³-hybridized carbons (Fsp3) is 0.235. The van der Waals surface area contributed by atoms with E-state index in [0.717, 1.165) is 33.1 Å². The Labute approximate surface area is 157 Å². The van der Waals surface area contributed by atoms with Crippen LogP contribution in [0, 0.1) is 9.62 Å². The predicted octanol–water partition coefficient (Wildman–Crippen LogP) is 4.35. The minimum absolute atomic E-state index is 0.0593. The molecule has 4 rings (SSSR count). The Bertz CT molecular complexity index is 922. The highest BCUT2D eigenvalue weighted by molar-refractivity contribution is 14.1. The second-order valence-electron chi connectivity index (χ2n) is 5.94. The third-order valence-electron chi connectivity index (χ3n) is 4.23. The third kappa shape index (κ3) is 3.00. The zero-order valence-electron chi connectivity index (χ0n) is 12.6. The van der Waals surface area contributed by atoms with Crippen molar-refractivity contribution in [3.05, 3.63) is 50.9 Å². The molecule has 1 aromatic carbocycles. The summed E-state index contributed by atoms with van der Waals surface area (Å²) in [6.07, 6.45) is 3.75. The van der Waals surface area contributed by atoms with Crippen molar-refractivity contribution in [1.29, 1.82) is 0 Å². The lowest BCUT2D eigenvalue weighted by molar-refractivity contribution is -0.118. The molecule has 2 aromatic heterocycles. The normalized spacial score (nSPS) is 15.4. The van der Waals surface area contributed by atoms with Crippen molar-refractivity contribution < 1.29 is 4.79 Å². The fourth-order valence-electron chi connectivity index (χ4n) is 2.89. The monoisotopic (exact) mass is 452 g/mol. The summed E-state index contributed by atoms with van der Waals surface area (Å²) in [5, 5.41) is 11.7. The molecule has 0 saturated heterocycles. The van der Waals surface area contributed by atoms with Gasteiger partial charge in [0.1, 0.15) is 3.70 Å². The molecular formula is C17H14ClIN4O. The molecule has 0 unspecified atom stereocenters. The van der Waals surface area contributed by atoms with Gasteiger partial charge in [-0.3, -0.25) is 14.9 Å². The minimum atomic E-state index is -0.308. The number of H-pyrrole nitrogens is 1. The van der Waals surface area contributed by atoms with E-state index in [2.05, 4.69) is 43.1 Å². The van der Waals surface area contributed by atoms with Crippen LogP contribution in [0.3, 0.4) is 0 Å². The van der Waals surface area contributed by atoms with Gasteiger partial charge in [0.05, 0.1) is 22.2 Å². The van der Waals surface area contributed by atoms with Gasteiger partial charge in [-0.1, -0.05) is 11.6 Å². The first-order valence-corrected chi connectivity index (χ1v) is 9.14. The maximum Gasteiger partial charge on any atom is 0.233 e. The summed E-state index contributed by atoms with van der Waals surface area (Å²) >= 11 is 8.46.